The Bertz CT molecular complexity index is 1080. The molecule has 0 radical (unpaired) electrons. The molecule has 1 saturated heterocycles. The van der Waals surface area contributed by atoms with Crippen LogP contribution >= 0.6 is 0 Å². The van der Waals surface area contributed by atoms with Gasteiger partial charge in [0.25, 0.3) is 0 Å². The molecule has 1 saturated carbocycles. The van der Waals surface area contributed by atoms with Gasteiger partial charge in [-0.3, -0.25) is 4.90 Å². The quantitative estimate of drug-likeness (QED) is 0.659. The van der Waals surface area contributed by atoms with E-state index in [4.69, 9.17) is 10.2 Å². The molecule has 3 aromatic rings. The third kappa shape index (κ3) is 2.43. The van der Waals surface area contributed by atoms with Crippen LogP contribution in [0.15, 0.2) is 42.5 Å². The molecule has 0 N–H and O–H groups in total. The van der Waals surface area contributed by atoms with Crippen LogP contribution in [-0.4, -0.2) is 33.1 Å². The lowest BCUT2D eigenvalue weighted by Crippen LogP contribution is -2.50. The summed E-state index contributed by atoms with van der Waals surface area (Å²) in [6, 6.07) is 18.2. The van der Waals surface area contributed by atoms with Gasteiger partial charge < -0.3 is 4.57 Å². The van der Waals surface area contributed by atoms with E-state index in [0.717, 1.165) is 23.7 Å². The van der Waals surface area contributed by atoms with E-state index in [0.29, 0.717) is 17.5 Å². The van der Waals surface area contributed by atoms with Gasteiger partial charge in [-0.2, -0.15) is 5.26 Å². The van der Waals surface area contributed by atoms with Gasteiger partial charge >= 0.3 is 0 Å². The minimum Gasteiger partial charge on any atom is -0.326 e. The molecule has 4 heteroatoms. The van der Waals surface area contributed by atoms with E-state index in [1.807, 2.05) is 24.3 Å². The van der Waals surface area contributed by atoms with Gasteiger partial charge in [-0.15, -0.1) is 0 Å². The van der Waals surface area contributed by atoms with E-state index < -0.39 is 0 Å². The zero-order valence-corrected chi connectivity index (χ0v) is 16.0. The molecule has 28 heavy (non-hydrogen) atoms. The third-order valence-electron chi connectivity index (χ3n) is 7.18. The van der Waals surface area contributed by atoms with Crippen LogP contribution in [-0.2, 0) is 6.54 Å². The number of imidazole rings is 1. The van der Waals surface area contributed by atoms with Gasteiger partial charge in [0.15, 0.2) is 0 Å². The smallest absolute Gasteiger partial charge is 0.114 e. The van der Waals surface area contributed by atoms with E-state index in [1.54, 1.807) is 0 Å². The summed E-state index contributed by atoms with van der Waals surface area (Å²) >= 11 is 0. The van der Waals surface area contributed by atoms with E-state index in [9.17, 15) is 0 Å². The zero-order chi connectivity index (χ0) is 18.7. The Kier molecular flexibility index (Phi) is 3.61. The normalized spacial score (nSPS) is 24.5. The van der Waals surface area contributed by atoms with Crippen molar-refractivity contribution in [3.05, 3.63) is 53.9 Å². The van der Waals surface area contributed by atoms with Crippen LogP contribution in [0.4, 0.5) is 0 Å². The Balaban J connectivity index is 1.38. The molecule has 3 aliphatic heterocycles. The summed E-state index contributed by atoms with van der Waals surface area (Å²) in [5, 5.41) is 9.01. The van der Waals surface area contributed by atoms with E-state index in [-0.39, 0.29) is 0 Å². The Morgan fingerprint density at radius 3 is 2.46 bits per heavy atom. The van der Waals surface area contributed by atoms with Gasteiger partial charge in [0, 0.05) is 31.1 Å². The molecule has 2 fully saturated rings. The first-order valence-corrected chi connectivity index (χ1v) is 10.6. The van der Waals surface area contributed by atoms with Crippen molar-refractivity contribution in [3.8, 4) is 17.2 Å². The molecule has 0 spiro atoms. The molecule has 2 atom stereocenters. The van der Waals surface area contributed by atoms with Crippen molar-refractivity contribution in [2.45, 2.75) is 56.7 Å². The molecule has 1 aliphatic carbocycles. The average molecular weight is 368 g/mol. The fourth-order valence-corrected chi connectivity index (χ4v) is 5.41. The number of fused-ring (bicyclic) bond motifs is 3. The van der Waals surface area contributed by atoms with Gasteiger partial charge in [-0.05, 0) is 61.1 Å². The zero-order valence-electron chi connectivity index (χ0n) is 16.0. The standard InChI is InChI=1S/C24H24N4/c25-13-16-4-6-17(7-5-16)18-9-11-23-22(12-18)26-24-19-8-10-21(15-28(23)24)27(14-19)20-2-1-3-20/h4-7,9,11-12,19-21H,1-3,8,10,14-15H2. The Labute approximate surface area is 165 Å². The van der Waals surface area contributed by atoms with Crippen LogP contribution in [0, 0.1) is 11.3 Å². The Morgan fingerprint density at radius 1 is 0.893 bits per heavy atom. The maximum Gasteiger partial charge on any atom is 0.114 e. The van der Waals surface area contributed by atoms with Gasteiger partial charge in [0.2, 0.25) is 0 Å². The van der Waals surface area contributed by atoms with Gasteiger partial charge in [0.05, 0.1) is 22.7 Å². The highest BCUT2D eigenvalue weighted by Gasteiger charge is 2.40. The van der Waals surface area contributed by atoms with Crippen LogP contribution in [0.1, 0.15) is 49.4 Å². The van der Waals surface area contributed by atoms with E-state index in [1.165, 1.54) is 55.6 Å². The van der Waals surface area contributed by atoms with Crippen LogP contribution < -0.4 is 0 Å². The molecular weight excluding hydrogens is 344 g/mol. The number of nitrogens with zero attached hydrogens (tertiary/aromatic N) is 4. The summed E-state index contributed by atoms with van der Waals surface area (Å²) < 4.78 is 2.51. The molecule has 7 rings (SSSR count). The summed E-state index contributed by atoms with van der Waals surface area (Å²) in [4.78, 5) is 7.94. The lowest BCUT2D eigenvalue weighted by molar-refractivity contribution is 0.0445. The van der Waals surface area contributed by atoms with Gasteiger partial charge in [0.1, 0.15) is 5.82 Å². The number of benzene rings is 2. The van der Waals surface area contributed by atoms with Gasteiger partial charge in [-0.1, -0.05) is 24.6 Å². The first-order chi connectivity index (χ1) is 13.8. The number of nitriles is 1. The van der Waals surface area contributed by atoms with Crippen molar-refractivity contribution in [2.24, 2.45) is 0 Å². The maximum atomic E-state index is 9.01. The Morgan fingerprint density at radius 2 is 1.71 bits per heavy atom. The topological polar surface area (TPSA) is 44.9 Å². The number of hydrogen-bond donors (Lipinski definition) is 0. The second-order valence-corrected chi connectivity index (χ2v) is 8.68. The second-order valence-electron chi connectivity index (χ2n) is 8.68. The fourth-order valence-electron chi connectivity index (χ4n) is 5.41. The number of rotatable bonds is 2. The molecule has 0 amide bonds. The fraction of sp³-hybridized carbons (Fsp3) is 0.417. The number of hydrogen-bond acceptors (Lipinski definition) is 3. The molecule has 140 valence electrons. The number of piperidine rings is 1. The SMILES string of the molecule is N#Cc1ccc(-c2ccc3c(c2)nc2n3CC3CCC2CN3C2CCC2)cc1. The largest absolute Gasteiger partial charge is 0.326 e. The van der Waals surface area contributed by atoms with Crippen molar-refractivity contribution in [1.29, 1.82) is 5.26 Å². The molecule has 2 unspecified atom stereocenters. The molecule has 1 aromatic heterocycles. The summed E-state index contributed by atoms with van der Waals surface area (Å²) in [7, 11) is 0. The van der Waals surface area contributed by atoms with E-state index >= 15 is 0 Å². The molecule has 2 aromatic carbocycles. The predicted molar refractivity (Wildman–Crippen MR) is 110 cm³/mol. The van der Waals surface area contributed by atoms with Crippen molar-refractivity contribution >= 4 is 11.0 Å². The summed E-state index contributed by atoms with van der Waals surface area (Å²) in [5.74, 6) is 1.88. The molecule has 4 aliphatic rings. The summed E-state index contributed by atoms with van der Waals surface area (Å²) in [6.45, 7) is 2.29. The van der Waals surface area contributed by atoms with Crippen molar-refractivity contribution < 1.29 is 0 Å². The average Bonchev–Trinajstić information content (AvgIpc) is 2.88. The highest BCUT2D eigenvalue weighted by molar-refractivity contribution is 5.83. The van der Waals surface area contributed by atoms with E-state index in [2.05, 4.69) is 33.7 Å². The van der Waals surface area contributed by atoms with Gasteiger partial charge in [-0.25, -0.2) is 4.98 Å². The highest BCUT2D eigenvalue weighted by Crippen LogP contribution is 2.41. The van der Waals surface area contributed by atoms with Crippen LogP contribution in [0.25, 0.3) is 22.2 Å². The maximum absolute atomic E-state index is 9.01. The van der Waals surface area contributed by atoms with Crippen LogP contribution in [0.2, 0.25) is 0 Å². The second kappa shape index (κ2) is 6.18. The molecular formula is C24H24N4. The van der Waals surface area contributed by atoms with Crippen LogP contribution in [0.5, 0.6) is 0 Å². The predicted octanol–water partition coefficient (Wildman–Crippen LogP) is 4.69. The minimum absolute atomic E-state index is 0.574. The first-order valence-electron chi connectivity index (χ1n) is 10.6. The third-order valence-corrected chi connectivity index (χ3v) is 7.18. The Hall–Kier alpha value is -2.64. The molecule has 2 bridgehead atoms. The monoisotopic (exact) mass is 368 g/mol. The summed E-state index contributed by atoms with van der Waals surface area (Å²) in [5.41, 5.74) is 5.40. The van der Waals surface area contributed by atoms with Crippen LogP contribution in [0.3, 0.4) is 0 Å². The lowest BCUT2D eigenvalue weighted by Gasteiger charge is -2.45. The highest BCUT2D eigenvalue weighted by atomic mass is 15.3. The first kappa shape index (κ1) is 16.3. The number of aromatic nitrogens is 2. The summed E-state index contributed by atoms with van der Waals surface area (Å²) in [6.07, 6.45) is 6.78. The molecule has 4 nitrogen and oxygen atoms in total. The minimum atomic E-state index is 0.574. The van der Waals surface area contributed by atoms with Crippen molar-refractivity contribution in [3.63, 3.8) is 0 Å². The molecule has 4 heterocycles. The lowest BCUT2D eigenvalue weighted by atomic mass is 9.85. The van der Waals surface area contributed by atoms with Crippen molar-refractivity contribution in [2.75, 3.05) is 6.54 Å². The van der Waals surface area contributed by atoms with Crippen molar-refractivity contribution in [1.82, 2.24) is 14.5 Å².